The Morgan fingerprint density at radius 3 is 2.79 bits per heavy atom. The number of ether oxygens (including phenoxy) is 1. The average Bonchev–Trinajstić information content (AvgIpc) is 2.80. The van der Waals surface area contributed by atoms with Crippen molar-refractivity contribution in [2.24, 2.45) is 0 Å². The molecule has 0 saturated carbocycles. The van der Waals surface area contributed by atoms with Crippen LogP contribution in [0.4, 0.5) is 5.69 Å². The van der Waals surface area contributed by atoms with E-state index in [1.165, 1.54) is 6.33 Å². The number of nitrogens with two attached hydrogens (primary N) is 1. The summed E-state index contributed by atoms with van der Waals surface area (Å²) in [7, 11) is 0. The highest BCUT2D eigenvalue weighted by atomic mass is 16.5. The highest BCUT2D eigenvalue weighted by molar-refractivity contribution is 5.49. The van der Waals surface area contributed by atoms with E-state index in [1.807, 2.05) is 44.2 Å². The van der Waals surface area contributed by atoms with Gasteiger partial charge >= 0.3 is 0 Å². The zero-order valence-electron chi connectivity index (χ0n) is 10.8. The number of aromatic nitrogens is 3. The Kier molecular flexibility index (Phi) is 2.59. The van der Waals surface area contributed by atoms with Gasteiger partial charge in [-0.15, -0.1) is 0 Å². The van der Waals surface area contributed by atoms with Gasteiger partial charge < -0.3 is 10.5 Å². The summed E-state index contributed by atoms with van der Waals surface area (Å²) >= 11 is 0. The Morgan fingerprint density at radius 1 is 1.16 bits per heavy atom. The van der Waals surface area contributed by atoms with Crippen molar-refractivity contribution in [3.05, 3.63) is 47.8 Å². The summed E-state index contributed by atoms with van der Waals surface area (Å²) in [6, 6.07) is 9.43. The highest BCUT2D eigenvalue weighted by Crippen LogP contribution is 2.27. The third kappa shape index (κ3) is 2.10. The summed E-state index contributed by atoms with van der Waals surface area (Å²) in [5, 5.41) is 4.16. The number of rotatable bonds is 2. The third-order valence-corrected chi connectivity index (χ3v) is 2.90. The fourth-order valence-electron chi connectivity index (χ4n) is 1.99. The first-order valence-corrected chi connectivity index (χ1v) is 5.98. The SMILES string of the molecule is Cc1cc(Oc2ccc(N)cc2C)n2ncnc2c1. The van der Waals surface area contributed by atoms with Crippen molar-refractivity contribution in [3.63, 3.8) is 0 Å². The molecule has 0 atom stereocenters. The molecule has 5 heteroatoms. The number of anilines is 1. The summed E-state index contributed by atoms with van der Waals surface area (Å²) in [4.78, 5) is 4.17. The maximum absolute atomic E-state index is 5.92. The van der Waals surface area contributed by atoms with Crippen LogP contribution in [0.15, 0.2) is 36.7 Å². The number of aryl methyl sites for hydroxylation is 2. The largest absolute Gasteiger partial charge is 0.439 e. The lowest BCUT2D eigenvalue weighted by atomic mass is 10.2. The van der Waals surface area contributed by atoms with Gasteiger partial charge in [-0.25, -0.2) is 4.98 Å². The number of hydrogen-bond acceptors (Lipinski definition) is 4. The van der Waals surface area contributed by atoms with E-state index in [0.717, 1.165) is 28.2 Å². The second-order valence-corrected chi connectivity index (χ2v) is 4.53. The van der Waals surface area contributed by atoms with Crippen LogP contribution in [0.5, 0.6) is 11.6 Å². The summed E-state index contributed by atoms with van der Waals surface area (Å²) in [6.07, 6.45) is 1.51. The number of fused-ring (bicyclic) bond motifs is 1. The van der Waals surface area contributed by atoms with Gasteiger partial charge in [0.05, 0.1) is 0 Å². The molecule has 3 rings (SSSR count). The first kappa shape index (κ1) is 11.5. The van der Waals surface area contributed by atoms with Crippen LogP contribution in [0.2, 0.25) is 0 Å². The predicted molar refractivity (Wildman–Crippen MR) is 73.4 cm³/mol. The van der Waals surface area contributed by atoms with Crippen LogP contribution in [0.1, 0.15) is 11.1 Å². The van der Waals surface area contributed by atoms with Crippen LogP contribution in [-0.4, -0.2) is 14.6 Å². The maximum atomic E-state index is 5.92. The molecule has 0 radical (unpaired) electrons. The normalized spacial score (nSPS) is 10.8. The average molecular weight is 254 g/mol. The fraction of sp³-hybridized carbons (Fsp3) is 0.143. The zero-order chi connectivity index (χ0) is 13.4. The van der Waals surface area contributed by atoms with Crippen molar-refractivity contribution < 1.29 is 4.74 Å². The van der Waals surface area contributed by atoms with E-state index < -0.39 is 0 Å². The van der Waals surface area contributed by atoms with Gasteiger partial charge in [-0.05, 0) is 49.2 Å². The molecule has 2 N–H and O–H groups in total. The molecular formula is C14H14N4O. The van der Waals surface area contributed by atoms with E-state index >= 15 is 0 Å². The van der Waals surface area contributed by atoms with E-state index in [4.69, 9.17) is 10.5 Å². The Morgan fingerprint density at radius 2 is 2.00 bits per heavy atom. The molecule has 3 aromatic rings. The molecule has 0 aliphatic rings. The Labute approximate surface area is 110 Å². The van der Waals surface area contributed by atoms with Gasteiger partial charge in [-0.3, -0.25) is 0 Å². The standard InChI is InChI=1S/C14H14N4O/c1-9-5-13-16-8-17-18(13)14(6-9)19-12-4-3-11(15)7-10(12)2/h3-8H,15H2,1-2H3. The molecular weight excluding hydrogens is 240 g/mol. The monoisotopic (exact) mass is 254 g/mol. The summed E-state index contributed by atoms with van der Waals surface area (Å²) in [6.45, 7) is 3.96. The van der Waals surface area contributed by atoms with E-state index in [0.29, 0.717) is 5.88 Å². The Hall–Kier alpha value is -2.56. The molecule has 1 aromatic carbocycles. The first-order chi connectivity index (χ1) is 9.13. The highest BCUT2D eigenvalue weighted by Gasteiger charge is 2.08. The lowest BCUT2D eigenvalue weighted by Crippen LogP contribution is -1.98. The van der Waals surface area contributed by atoms with Crippen molar-refractivity contribution in [1.82, 2.24) is 14.6 Å². The van der Waals surface area contributed by atoms with E-state index in [9.17, 15) is 0 Å². The minimum absolute atomic E-state index is 0.639. The van der Waals surface area contributed by atoms with Gasteiger partial charge in [0.2, 0.25) is 5.88 Å². The van der Waals surface area contributed by atoms with Gasteiger partial charge in [0.1, 0.15) is 12.1 Å². The van der Waals surface area contributed by atoms with Gasteiger partial charge in [0.25, 0.3) is 0 Å². The number of pyridine rings is 1. The van der Waals surface area contributed by atoms with Crippen molar-refractivity contribution in [1.29, 1.82) is 0 Å². The minimum Gasteiger partial charge on any atom is -0.439 e. The van der Waals surface area contributed by atoms with Crippen LogP contribution < -0.4 is 10.5 Å². The van der Waals surface area contributed by atoms with Crippen LogP contribution in [0.3, 0.4) is 0 Å². The van der Waals surface area contributed by atoms with Gasteiger partial charge in [-0.1, -0.05) is 0 Å². The first-order valence-electron chi connectivity index (χ1n) is 5.98. The second-order valence-electron chi connectivity index (χ2n) is 4.53. The molecule has 0 spiro atoms. The molecule has 0 aliphatic carbocycles. The van der Waals surface area contributed by atoms with E-state index in [-0.39, 0.29) is 0 Å². The molecule has 0 unspecified atom stereocenters. The molecule has 0 saturated heterocycles. The molecule has 96 valence electrons. The van der Waals surface area contributed by atoms with Crippen LogP contribution in [0.25, 0.3) is 5.65 Å². The summed E-state index contributed by atoms with van der Waals surface area (Å²) < 4.78 is 7.59. The number of nitrogen functional groups attached to an aromatic ring is 1. The van der Waals surface area contributed by atoms with E-state index in [1.54, 1.807) is 4.52 Å². The summed E-state index contributed by atoms with van der Waals surface area (Å²) in [5.41, 5.74) is 9.28. The zero-order valence-corrected chi connectivity index (χ0v) is 10.8. The molecule has 2 heterocycles. The lowest BCUT2D eigenvalue weighted by molar-refractivity contribution is 0.444. The summed E-state index contributed by atoms with van der Waals surface area (Å²) in [5.74, 6) is 1.40. The van der Waals surface area contributed by atoms with Crippen molar-refractivity contribution in [2.45, 2.75) is 13.8 Å². The number of nitrogens with zero attached hydrogens (tertiary/aromatic N) is 3. The van der Waals surface area contributed by atoms with Gasteiger partial charge in [0, 0.05) is 11.8 Å². The molecule has 2 aromatic heterocycles. The van der Waals surface area contributed by atoms with Gasteiger partial charge in [-0.2, -0.15) is 9.61 Å². The van der Waals surface area contributed by atoms with Gasteiger partial charge in [0.15, 0.2) is 5.65 Å². The topological polar surface area (TPSA) is 65.4 Å². The Balaban J connectivity index is 2.07. The fourth-order valence-corrected chi connectivity index (χ4v) is 1.99. The van der Waals surface area contributed by atoms with Crippen molar-refractivity contribution in [3.8, 4) is 11.6 Å². The predicted octanol–water partition coefficient (Wildman–Crippen LogP) is 2.72. The molecule has 5 nitrogen and oxygen atoms in total. The van der Waals surface area contributed by atoms with Crippen LogP contribution >= 0.6 is 0 Å². The molecule has 0 fully saturated rings. The molecule has 19 heavy (non-hydrogen) atoms. The van der Waals surface area contributed by atoms with Crippen LogP contribution in [0, 0.1) is 13.8 Å². The van der Waals surface area contributed by atoms with Crippen molar-refractivity contribution in [2.75, 3.05) is 5.73 Å². The third-order valence-electron chi connectivity index (χ3n) is 2.90. The molecule has 0 amide bonds. The Bertz CT molecular complexity index is 748. The number of hydrogen-bond donors (Lipinski definition) is 1. The maximum Gasteiger partial charge on any atom is 0.222 e. The van der Waals surface area contributed by atoms with E-state index in [2.05, 4.69) is 10.1 Å². The number of benzene rings is 1. The smallest absolute Gasteiger partial charge is 0.222 e. The quantitative estimate of drug-likeness (QED) is 0.714. The van der Waals surface area contributed by atoms with Crippen molar-refractivity contribution >= 4 is 11.3 Å². The molecule has 0 aliphatic heterocycles. The molecule has 0 bridgehead atoms. The minimum atomic E-state index is 0.639. The lowest BCUT2D eigenvalue weighted by Gasteiger charge is -2.10. The second kappa shape index (κ2) is 4.28. The van der Waals surface area contributed by atoms with Crippen LogP contribution in [-0.2, 0) is 0 Å².